The van der Waals surface area contributed by atoms with Gasteiger partial charge in [-0.05, 0) is 0 Å². The van der Waals surface area contributed by atoms with Crippen LogP contribution >= 0.6 is 0 Å². The number of fused-ring (bicyclic) bond motifs is 1. The Hall–Kier alpha value is 0.0839. The predicted molar refractivity (Wildman–Crippen MR) is 64.9 cm³/mol. The Morgan fingerprint density at radius 1 is 1.10 bits per heavy atom. The first-order valence-corrected chi connectivity index (χ1v) is 6.26. The summed E-state index contributed by atoms with van der Waals surface area (Å²) < 4.78 is 16.6. The van der Waals surface area contributed by atoms with Crippen LogP contribution in [0.5, 0.6) is 0 Å². The van der Waals surface area contributed by atoms with Gasteiger partial charge in [0.2, 0.25) is 0 Å². The van der Waals surface area contributed by atoms with Gasteiger partial charge in [-0.15, -0.1) is 0 Å². The van der Waals surface area contributed by atoms with Crippen molar-refractivity contribution in [1.29, 1.82) is 0 Å². The third-order valence-corrected chi connectivity index (χ3v) is 3.51. The summed E-state index contributed by atoms with van der Waals surface area (Å²) >= 11 is 0. The Labute approximate surface area is 142 Å². The molecule has 6 nitrogen and oxygen atoms in total. The summed E-state index contributed by atoms with van der Waals surface area (Å²) in [5.74, 6) is 0. The fourth-order valence-electron chi connectivity index (χ4n) is 2.41. The average molecular weight is 356 g/mol. The van der Waals surface area contributed by atoms with Gasteiger partial charge in [0.05, 0.1) is 12.6 Å². The number of ether oxygens (including phenoxy) is 3. The van der Waals surface area contributed by atoms with Crippen LogP contribution in [0.2, 0.25) is 0 Å². The molecule has 0 saturated carbocycles. The van der Waals surface area contributed by atoms with Crippen LogP contribution in [-0.2, 0) is 46.9 Å². The summed E-state index contributed by atoms with van der Waals surface area (Å²) in [6.45, 7) is 0.241. The van der Waals surface area contributed by atoms with Gasteiger partial charge in [-0.25, -0.2) is 0 Å². The number of aliphatic hydroxyl groups is 2. The van der Waals surface area contributed by atoms with Crippen LogP contribution in [-0.4, -0.2) is 47.5 Å². The second kappa shape index (κ2) is 6.90. The minimum atomic E-state index is -1.20. The minimum Gasteiger partial charge on any atom is -0.388 e. The molecule has 2 aliphatic heterocycles. The summed E-state index contributed by atoms with van der Waals surface area (Å²) in [5.41, 5.74) is 6.54. The number of nitrogens with two attached hydrogens (primary N) is 1. The van der Waals surface area contributed by atoms with Gasteiger partial charge in [0.25, 0.3) is 0 Å². The van der Waals surface area contributed by atoms with Crippen molar-refractivity contribution in [2.75, 3.05) is 6.61 Å². The molecule has 0 bridgehead atoms. The summed E-state index contributed by atoms with van der Waals surface area (Å²) in [5, 5.41) is 19.6. The van der Waals surface area contributed by atoms with Crippen molar-refractivity contribution in [2.24, 2.45) is 5.73 Å². The first-order valence-electron chi connectivity index (χ1n) is 6.26. The van der Waals surface area contributed by atoms with Gasteiger partial charge in [0.15, 0.2) is 12.6 Å². The molecule has 6 atom stereocenters. The molecule has 0 amide bonds. The summed E-state index contributed by atoms with van der Waals surface area (Å²) in [6.07, 6.45) is -3.84. The van der Waals surface area contributed by atoms with Gasteiger partial charge in [-0.2, -0.15) is 0 Å². The maximum absolute atomic E-state index is 10.1. The average Bonchev–Trinajstić information content (AvgIpc) is 2.46. The second-order valence-corrected chi connectivity index (χ2v) is 4.81. The molecule has 4 N–H and O–H groups in total. The van der Waals surface area contributed by atoms with E-state index in [1.165, 1.54) is 0 Å². The zero-order valence-electron chi connectivity index (χ0n) is 10.8. The van der Waals surface area contributed by atoms with Crippen LogP contribution in [0.25, 0.3) is 0 Å². The van der Waals surface area contributed by atoms with E-state index in [0.717, 1.165) is 5.56 Å². The van der Waals surface area contributed by atoms with Crippen LogP contribution in [0.4, 0.5) is 0 Å². The Kier molecular flexibility index (Phi) is 5.67. The van der Waals surface area contributed by atoms with Crippen LogP contribution < -0.4 is 5.73 Å². The zero-order valence-corrected chi connectivity index (χ0v) is 13.7. The SMILES string of the molecule is N[C@@H]1[C@@H](O)[C@@H]2OC(c3ccccc3)OC[C@H]2O[C@@H]1O.[Y]. The molecule has 1 aromatic carbocycles. The van der Waals surface area contributed by atoms with Gasteiger partial charge in [0, 0.05) is 38.3 Å². The summed E-state index contributed by atoms with van der Waals surface area (Å²) in [7, 11) is 0. The molecule has 107 valence electrons. The van der Waals surface area contributed by atoms with Crippen molar-refractivity contribution in [2.45, 2.75) is 36.9 Å². The van der Waals surface area contributed by atoms with E-state index in [1.807, 2.05) is 30.3 Å². The predicted octanol–water partition coefficient (Wildman–Crippen LogP) is -0.497. The minimum absolute atomic E-state index is 0. The third kappa shape index (κ3) is 3.13. The normalized spacial score (nSPS) is 40.5. The Balaban J connectivity index is 0.00000147. The molecular weight excluding hydrogens is 339 g/mol. The summed E-state index contributed by atoms with van der Waals surface area (Å²) in [6, 6.07) is 8.57. The van der Waals surface area contributed by atoms with Gasteiger partial charge in [-0.3, -0.25) is 0 Å². The molecule has 1 radical (unpaired) electrons. The van der Waals surface area contributed by atoms with Crippen molar-refractivity contribution in [1.82, 2.24) is 0 Å². The van der Waals surface area contributed by atoms with Gasteiger partial charge in [0.1, 0.15) is 18.3 Å². The van der Waals surface area contributed by atoms with E-state index in [-0.39, 0.29) is 39.3 Å². The zero-order chi connectivity index (χ0) is 13.4. The smallest absolute Gasteiger partial charge is 0.184 e. The van der Waals surface area contributed by atoms with E-state index >= 15 is 0 Å². The van der Waals surface area contributed by atoms with Gasteiger partial charge >= 0.3 is 0 Å². The molecule has 0 spiro atoms. The van der Waals surface area contributed by atoms with E-state index in [0.29, 0.717) is 0 Å². The van der Waals surface area contributed by atoms with Crippen LogP contribution in [0.3, 0.4) is 0 Å². The fourth-order valence-corrected chi connectivity index (χ4v) is 2.41. The van der Waals surface area contributed by atoms with Crippen LogP contribution in [0.1, 0.15) is 11.9 Å². The molecule has 20 heavy (non-hydrogen) atoms. The number of rotatable bonds is 1. The van der Waals surface area contributed by atoms with Gasteiger partial charge in [-0.1, -0.05) is 30.3 Å². The maximum atomic E-state index is 10.1. The van der Waals surface area contributed by atoms with Crippen LogP contribution in [0.15, 0.2) is 30.3 Å². The number of hydrogen-bond acceptors (Lipinski definition) is 6. The summed E-state index contributed by atoms with van der Waals surface area (Å²) in [4.78, 5) is 0. The Morgan fingerprint density at radius 3 is 2.50 bits per heavy atom. The van der Waals surface area contributed by atoms with E-state index in [4.69, 9.17) is 19.9 Å². The fraction of sp³-hybridized carbons (Fsp3) is 0.538. The van der Waals surface area contributed by atoms with Crippen molar-refractivity contribution in [3.05, 3.63) is 35.9 Å². The topological polar surface area (TPSA) is 94.2 Å². The Bertz CT molecular complexity index is 432. The van der Waals surface area contributed by atoms with Crippen molar-refractivity contribution >= 4 is 0 Å². The van der Waals surface area contributed by atoms with Crippen molar-refractivity contribution in [3.63, 3.8) is 0 Å². The molecule has 7 heteroatoms. The van der Waals surface area contributed by atoms with E-state index in [9.17, 15) is 10.2 Å². The largest absolute Gasteiger partial charge is 0.388 e. The first kappa shape index (κ1) is 16.5. The molecule has 1 unspecified atom stereocenters. The molecule has 2 saturated heterocycles. The van der Waals surface area contributed by atoms with E-state index < -0.39 is 36.9 Å². The first-order chi connectivity index (χ1) is 9.16. The number of benzene rings is 1. The maximum Gasteiger partial charge on any atom is 0.184 e. The van der Waals surface area contributed by atoms with Crippen LogP contribution in [0, 0.1) is 0 Å². The number of hydrogen-bond donors (Lipinski definition) is 3. The molecule has 0 aromatic heterocycles. The monoisotopic (exact) mass is 356 g/mol. The molecule has 0 aliphatic carbocycles. The van der Waals surface area contributed by atoms with Crippen molar-refractivity contribution < 1.29 is 57.1 Å². The molecule has 2 heterocycles. The third-order valence-electron chi connectivity index (χ3n) is 3.51. The molecule has 3 rings (SSSR count). The van der Waals surface area contributed by atoms with Gasteiger partial charge < -0.3 is 30.2 Å². The molecule has 1 aromatic rings. The van der Waals surface area contributed by atoms with E-state index in [1.54, 1.807) is 0 Å². The van der Waals surface area contributed by atoms with Crippen molar-refractivity contribution in [3.8, 4) is 0 Å². The second-order valence-electron chi connectivity index (χ2n) is 4.81. The standard InChI is InChI=1S/C13H17NO5.Y/c14-9-10(15)11-8(18-12(9)16)6-17-13(19-11)7-4-2-1-3-5-7;/h1-5,8-13,15-16H,6,14H2;/t8-,9-,10-,11-,12+,13?;/m1./s1. The molecule has 2 aliphatic rings. The number of aliphatic hydroxyl groups excluding tert-OH is 2. The Morgan fingerprint density at radius 2 is 1.80 bits per heavy atom. The van der Waals surface area contributed by atoms with E-state index in [2.05, 4.69) is 0 Å². The molecule has 2 fully saturated rings. The molecular formula is C13H17NO5Y. The quantitative estimate of drug-likeness (QED) is 0.629.